The number of aliphatic imine (C=N–C) groups is 1. The maximum atomic E-state index is 12.1. The zero-order valence-corrected chi connectivity index (χ0v) is 16.5. The lowest BCUT2D eigenvalue weighted by atomic mass is 10.1. The second-order valence-electron chi connectivity index (χ2n) is 6.57. The van der Waals surface area contributed by atoms with Gasteiger partial charge in [0.1, 0.15) is 5.75 Å². The Morgan fingerprint density at radius 3 is 2.62 bits per heavy atom. The second kappa shape index (κ2) is 10.2. The van der Waals surface area contributed by atoms with E-state index in [0.29, 0.717) is 25.6 Å². The Morgan fingerprint density at radius 2 is 1.79 bits per heavy atom. The van der Waals surface area contributed by atoms with Crippen LogP contribution in [-0.2, 0) is 6.42 Å². The van der Waals surface area contributed by atoms with Crippen molar-refractivity contribution in [2.24, 2.45) is 4.99 Å². The number of benzene rings is 2. The van der Waals surface area contributed by atoms with Crippen LogP contribution in [0, 0.1) is 0 Å². The summed E-state index contributed by atoms with van der Waals surface area (Å²) in [4.78, 5) is 20.0. The predicted octanol–water partition coefficient (Wildman–Crippen LogP) is 2.40. The number of hydrogen-bond donors (Lipinski definition) is 5. The van der Waals surface area contributed by atoms with Crippen molar-refractivity contribution in [3.63, 3.8) is 0 Å². The van der Waals surface area contributed by atoms with E-state index < -0.39 is 0 Å². The van der Waals surface area contributed by atoms with E-state index in [1.54, 1.807) is 18.2 Å². The Balaban J connectivity index is 1.47. The molecule has 0 radical (unpaired) electrons. The highest BCUT2D eigenvalue weighted by atomic mass is 16.3. The third-order valence-electron chi connectivity index (χ3n) is 4.52. The van der Waals surface area contributed by atoms with Crippen LogP contribution in [0.15, 0.2) is 59.7 Å². The summed E-state index contributed by atoms with van der Waals surface area (Å²) in [5.41, 5.74) is 2.65. The van der Waals surface area contributed by atoms with E-state index in [4.69, 9.17) is 0 Å². The lowest BCUT2D eigenvalue weighted by molar-refractivity contribution is 0.0951. The molecule has 29 heavy (non-hydrogen) atoms. The molecule has 3 aromatic rings. The number of aromatic hydroxyl groups is 1. The van der Waals surface area contributed by atoms with Gasteiger partial charge in [0.25, 0.3) is 5.91 Å². The fraction of sp³-hybridized carbons (Fsp3) is 0.273. The molecule has 0 saturated carbocycles. The van der Waals surface area contributed by atoms with Gasteiger partial charge in [0, 0.05) is 43.3 Å². The fourth-order valence-electron chi connectivity index (χ4n) is 3.09. The van der Waals surface area contributed by atoms with Gasteiger partial charge in [-0.2, -0.15) is 0 Å². The number of nitrogens with zero attached hydrogens (tertiary/aromatic N) is 1. The number of aromatic amines is 1. The highest BCUT2D eigenvalue weighted by Gasteiger charge is 2.09. The number of para-hydroxylation sites is 2. The topological polar surface area (TPSA) is 102 Å². The largest absolute Gasteiger partial charge is 0.507 e. The van der Waals surface area contributed by atoms with Crippen molar-refractivity contribution in [3.8, 4) is 5.75 Å². The highest BCUT2D eigenvalue weighted by molar-refractivity contribution is 5.96. The third kappa shape index (κ3) is 5.51. The summed E-state index contributed by atoms with van der Waals surface area (Å²) in [6.45, 7) is 4.36. The molecular formula is C22H27N5O2. The number of hydrogen-bond acceptors (Lipinski definition) is 3. The molecule has 0 aliphatic rings. The molecule has 1 aromatic heterocycles. The van der Waals surface area contributed by atoms with Crippen molar-refractivity contribution in [1.29, 1.82) is 0 Å². The van der Waals surface area contributed by atoms with Gasteiger partial charge in [0.15, 0.2) is 5.96 Å². The molecule has 0 saturated heterocycles. The molecule has 0 aliphatic carbocycles. The normalized spacial score (nSPS) is 11.4. The maximum absolute atomic E-state index is 12.1. The zero-order valence-electron chi connectivity index (χ0n) is 16.5. The molecule has 1 heterocycles. The first-order chi connectivity index (χ1) is 14.2. The van der Waals surface area contributed by atoms with E-state index in [9.17, 15) is 9.90 Å². The Labute approximate surface area is 170 Å². The molecule has 0 fully saturated rings. The summed E-state index contributed by atoms with van der Waals surface area (Å²) in [6, 6.07) is 14.7. The Hall–Kier alpha value is -3.48. The lowest BCUT2D eigenvalue weighted by Gasteiger charge is -2.12. The average molecular weight is 393 g/mol. The zero-order chi connectivity index (χ0) is 20.5. The SMILES string of the molecule is CCNC(=NCCc1c[nH]c2ccccc12)NCCNC(=O)c1ccccc1O. The van der Waals surface area contributed by atoms with Crippen molar-refractivity contribution in [2.75, 3.05) is 26.2 Å². The maximum Gasteiger partial charge on any atom is 0.255 e. The summed E-state index contributed by atoms with van der Waals surface area (Å²) in [5.74, 6) is 0.389. The number of phenolic OH excluding ortho intramolecular Hbond substituents is 1. The Kier molecular flexibility index (Phi) is 7.10. The van der Waals surface area contributed by atoms with Crippen LogP contribution in [0.5, 0.6) is 5.75 Å². The fourth-order valence-corrected chi connectivity index (χ4v) is 3.09. The van der Waals surface area contributed by atoms with Crippen LogP contribution in [0.4, 0.5) is 0 Å². The monoisotopic (exact) mass is 393 g/mol. The molecule has 2 aromatic carbocycles. The summed E-state index contributed by atoms with van der Waals surface area (Å²) < 4.78 is 0. The van der Waals surface area contributed by atoms with Crippen molar-refractivity contribution < 1.29 is 9.90 Å². The van der Waals surface area contributed by atoms with Gasteiger partial charge in [0.05, 0.1) is 5.56 Å². The van der Waals surface area contributed by atoms with E-state index in [-0.39, 0.29) is 17.2 Å². The van der Waals surface area contributed by atoms with Gasteiger partial charge in [-0.15, -0.1) is 0 Å². The molecule has 5 N–H and O–H groups in total. The average Bonchev–Trinajstić information content (AvgIpc) is 3.14. The van der Waals surface area contributed by atoms with Crippen molar-refractivity contribution in [2.45, 2.75) is 13.3 Å². The standard InChI is InChI=1S/C22H27N5O2/c1-2-23-22(25-12-11-16-15-27-19-9-5-3-7-17(16)19)26-14-13-24-21(29)18-8-4-6-10-20(18)28/h3-10,15,27-28H,2,11-14H2,1H3,(H,24,29)(H2,23,25,26). The number of nitrogens with one attached hydrogen (secondary N) is 4. The number of phenols is 1. The van der Waals surface area contributed by atoms with E-state index in [1.807, 2.05) is 25.3 Å². The van der Waals surface area contributed by atoms with E-state index in [1.165, 1.54) is 17.0 Å². The number of amides is 1. The highest BCUT2D eigenvalue weighted by Crippen LogP contribution is 2.18. The van der Waals surface area contributed by atoms with E-state index in [2.05, 4.69) is 38.1 Å². The number of fused-ring (bicyclic) bond motifs is 1. The first-order valence-corrected chi connectivity index (χ1v) is 9.82. The van der Waals surface area contributed by atoms with Crippen molar-refractivity contribution >= 4 is 22.8 Å². The number of guanidine groups is 1. The molecule has 0 unspecified atom stereocenters. The van der Waals surface area contributed by atoms with E-state index in [0.717, 1.165) is 18.5 Å². The van der Waals surface area contributed by atoms with E-state index >= 15 is 0 Å². The van der Waals surface area contributed by atoms with Gasteiger partial charge in [-0.05, 0) is 37.1 Å². The molecule has 0 bridgehead atoms. The summed E-state index contributed by atoms with van der Waals surface area (Å²) in [5, 5.41) is 20.2. The molecular weight excluding hydrogens is 366 g/mol. The molecule has 0 spiro atoms. The number of rotatable bonds is 8. The first-order valence-electron chi connectivity index (χ1n) is 9.82. The Bertz CT molecular complexity index is 980. The Morgan fingerprint density at radius 1 is 1.03 bits per heavy atom. The van der Waals surface area contributed by atoms with Crippen LogP contribution in [0.1, 0.15) is 22.8 Å². The van der Waals surface area contributed by atoms with Gasteiger partial charge in [-0.3, -0.25) is 9.79 Å². The molecule has 7 nitrogen and oxygen atoms in total. The number of aromatic nitrogens is 1. The molecule has 7 heteroatoms. The lowest BCUT2D eigenvalue weighted by Crippen LogP contribution is -2.41. The van der Waals surface area contributed by atoms with Gasteiger partial charge in [0.2, 0.25) is 0 Å². The van der Waals surface area contributed by atoms with Gasteiger partial charge < -0.3 is 26.0 Å². The van der Waals surface area contributed by atoms with Gasteiger partial charge in [-0.25, -0.2) is 0 Å². The summed E-state index contributed by atoms with van der Waals surface area (Å²) in [6.07, 6.45) is 2.87. The van der Waals surface area contributed by atoms with Crippen LogP contribution in [-0.4, -0.2) is 48.1 Å². The van der Waals surface area contributed by atoms with Crippen molar-refractivity contribution in [1.82, 2.24) is 20.9 Å². The van der Waals surface area contributed by atoms with Gasteiger partial charge >= 0.3 is 0 Å². The second-order valence-corrected chi connectivity index (χ2v) is 6.57. The summed E-state index contributed by atoms with van der Waals surface area (Å²) >= 11 is 0. The van der Waals surface area contributed by atoms with Crippen LogP contribution < -0.4 is 16.0 Å². The molecule has 1 amide bonds. The minimum absolute atomic E-state index is 0.0230. The number of carbonyl (C=O) groups excluding carboxylic acids is 1. The smallest absolute Gasteiger partial charge is 0.255 e. The number of carbonyl (C=O) groups is 1. The quantitative estimate of drug-likeness (QED) is 0.230. The first kappa shape index (κ1) is 20.3. The van der Waals surface area contributed by atoms with Crippen LogP contribution in [0.2, 0.25) is 0 Å². The molecule has 152 valence electrons. The minimum atomic E-state index is -0.300. The van der Waals surface area contributed by atoms with Crippen LogP contribution in [0.25, 0.3) is 10.9 Å². The van der Waals surface area contributed by atoms with Crippen LogP contribution in [0.3, 0.4) is 0 Å². The predicted molar refractivity (Wildman–Crippen MR) is 116 cm³/mol. The van der Waals surface area contributed by atoms with Gasteiger partial charge in [-0.1, -0.05) is 30.3 Å². The molecule has 0 atom stereocenters. The molecule has 3 rings (SSSR count). The van der Waals surface area contributed by atoms with Crippen LogP contribution >= 0.6 is 0 Å². The minimum Gasteiger partial charge on any atom is -0.507 e. The third-order valence-corrected chi connectivity index (χ3v) is 4.52. The summed E-state index contributed by atoms with van der Waals surface area (Å²) in [7, 11) is 0. The van der Waals surface area contributed by atoms with Crippen molar-refractivity contribution in [3.05, 3.63) is 65.9 Å². The number of H-pyrrole nitrogens is 1. The molecule has 0 aliphatic heterocycles.